The van der Waals surface area contributed by atoms with Crippen molar-refractivity contribution in [2.24, 2.45) is 0 Å². The van der Waals surface area contributed by atoms with Crippen molar-refractivity contribution >= 4 is 11.6 Å². The number of carbonyl (C=O) groups is 2. The van der Waals surface area contributed by atoms with Gasteiger partial charge in [-0.1, -0.05) is 13.2 Å². The van der Waals surface area contributed by atoms with Crippen LogP contribution in [0.15, 0.2) is 36.4 Å². The first-order valence-electron chi connectivity index (χ1n) is 10.7. The number of aromatic hydroxyl groups is 2. The second-order valence-corrected chi connectivity index (χ2v) is 8.89. The molecule has 0 bridgehead atoms. The molecule has 0 aliphatic carbocycles. The molecule has 2 aliphatic rings. The molecular weight excluding hydrogens is 440 g/mol. The van der Waals surface area contributed by atoms with E-state index in [1.165, 1.54) is 26.0 Å². The smallest absolute Gasteiger partial charge is 0.164 e. The Kier molecular flexibility index (Phi) is 5.54. The van der Waals surface area contributed by atoms with Crippen LogP contribution in [0, 0.1) is 0 Å². The van der Waals surface area contributed by atoms with Crippen LogP contribution in [0.4, 0.5) is 0 Å². The normalized spacial score (nSPS) is 22.4. The van der Waals surface area contributed by atoms with Gasteiger partial charge in [-0.25, -0.2) is 0 Å². The summed E-state index contributed by atoms with van der Waals surface area (Å²) in [5, 5.41) is 43.7. The van der Waals surface area contributed by atoms with E-state index in [1.54, 1.807) is 13.8 Å². The number of phenolic OH excluding ortho intramolecular Hbond substituents is 2. The SMILES string of the molecule is C=C(C)[C@@H]1Oc2cc(-c3cc4c(c(C(C)=O)c3O)[C@@H](O)[C@H](C(=C)C)O4)c(O)c(C(C)=O)c2[C@H]1O. The maximum atomic E-state index is 12.5. The Hall–Kier alpha value is -3.62. The van der Waals surface area contributed by atoms with Crippen molar-refractivity contribution in [2.45, 2.75) is 52.1 Å². The molecule has 2 aromatic rings. The van der Waals surface area contributed by atoms with Gasteiger partial charge >= 0.3 is 0 Å². The predicted molar refractivity (Wildman–Crippen MR) is 124 cm³/mol. The van der Waals surface area contributed by atoms with Crippen molar-refractivity contribution in [1.82, 2.24) is 0 Å². The summed E-state index contributed by atoms with van der Waals surface area (Å²) in [6, 6.07) is 2.77. The third-order valence-corrected chi connectivity index (χ3v) is 6.24. The summed E-state index contributed by atoms with van der Waals surface area (Å²) < 4.78 is 11.6. The lowest BCUT2D eigenvalue weighted by atomic mass is 9.88. The fourth-order valence-electron chi connectivity index (χ4n) is 4.68. The van der Waals surface area contributed by atoms with Gasteiger partial charge in [-0.3, -0.25) is 9.59 Å². The van der Waals surface area contributed by atoms with Crippen LogP contribution in [-0.2, 0) is 0 Å². The summed E-state index contributed by atoms with van der Waals surface area (Å²) in [5.41, 5.74) is 0.976. The predicted octanol–water partition coefficient (Wildman–Crippen LogP) is 3.91. The average molecular weight is 466 g/mol. The van der Waals surface area contributed by atoms with E-state index in [0.29, 0.717) is 11.1 Å². The molecular formula is C26H26O8. The highest BCUT2D eigenvalue weighted by molar-refractivity contribution is 6.05. The molecule has 0 saturated carbocycles. The number of benzene rings is 2. The Morgan fingerprint density at radius 2 is 1.06 bits per heavy atom. The van der Waals surface area contributed by atoms with E-state index in [1.807, 2.05) is 0 Å². The molecule has 8 heteroatoms. The van der Waals surface area contributed by atoms with Crippen molar-refractivity contribution < 1.29 is 39.5 Å². The Bertz CT molecular complexity index is 1190. The number of Topliss-reactive ketones (excluding diaryl/α,β-unsaturated/α-hetero) is 2. The molecule has 0 saturated heterocycles. The number of aliphatic hydroxyl groups is 2. The van der Waals surface area contributed by atoms with Gasteiger partial charge in [0.05, 0.1) is 11.1 Å². The first kappa shape index (κ1) is 23.5. The van der Waals surface area contributed by atoms with Gasteiger partial charge in [0.1, 0.15) is 47.4 Å². The summed E-state index contributed by atoms with van der Waals surface area (Å²) in [6.45, 7) is 13.4. The third-order valence-electron chi connectivity index (χ3n) is 6.24. The van der Waals surface area contributed by atoms with Crippen LogP contribution in [0.1, 0.15) is 71.7 Å². The van der Waals surface area contributed by atoms with Crippen LogP contribution in [0.3, 0.4) is 0 Å². The highest BCUT2D eigenvalue weighted by Gasteiger charge is 2.41. The zero-order valence-corrected chi connectivity index (χ0v) is 19.3. The van der Waals surface area contributed by atoms with E-state index in [4.69, 9.17) is 9.47 Å². The standard InChI is InChI=1S/C26H26O8/c1-9(2)25-23(31)19-15(33-25)7-13(21(29)17(19)11(5)27)14-8-16-20(18(12(6)28)22(14)30)24(32)26(34-16)10(3)4/h7-8,23-26,29-32H,1,3H2,2,4-6H3/t23-,24-,25+,26+/m1/s1. The number of phenols is 2. The molecule has 4 rings (SSSR count). The number of carbonyl (C=O) groups excluding carboxylic acids is 2. The molecule has 2 aromatic carbocycles. The first-order chi connectivity index (χ1) is 15.9. The van der Waals surface area contributed by atoms with Crippen LogP contribution in [0.2, 0.25) is 0 Å². The molecule has 178 valence electrons. The number of fused-ring (bicyclic) bond motifs is 2. The van der Waals surface area contributed by atoms with E-state index in [0.717, 1.165) is 0 Å². The zero-order valence-electron chi connectivity index (χ0n) is 19.3. The number of ketones is 2. The number of ether oxygens (including phenoxy) is 2. The molecule has 0 fully saturated rings. The highest BCUT2D eigenvalue weighted by Crippen LogP contribution is 2.53. The van der Waals surface area contributed by atoms with E-state index in [9.17, 15) is 30.0 Å². The highest BCUT2D eigenvalue weighted by atomic mass is 16.5. The molecule has 4 atom stereocenters. The van der Waals surface area contributed by atoms with E-state index in [2.05, 4.69) is 13.2 Å². The lowest BCUT2D eigenvalue weighted by Gasteiger charge is -2.17. The van der Waals surface area contributed by atoms with Crippen LogP contribution >= 0.6 is 0 Å². The van der Waals surface area contributed by atoms with Gasteiger partial charge in [0, 0.05) is 22.3 Å². The quantitative estimate of drug-likeness (QED) is 0.385. The van der Waals surface area contributed by atoms with Gasteiger partial charge in [0.15, 0.2) is 11.6 Å². The fraction of sp³-hybridized carbons (Fsp3) is 0.308. The van der Waals surface area contributed by atoms with E-state index in [-0.39, 0.29) is 44.9 Å². The monoisotopic (exact) mass is 466 g/mol. The topological polar surface area (TPSA) is 134 Å². The maximum Gasteiger partial charge on any atom is 0.164 e. The van der Waals surface area contributed by atoms with Crippen LogP contribution in [0.5, 0.6) is 23.0 Å². The van der Waals surface area contributed by atoms with Gasteiger partial charge < -0.3 is 29.9 Å². The summed E-state index contributed by atoms with van der Waals surface area (Å²) in [5.74, 6) is -1.75. The number of rotatable bonds is 5. The van der Waals surface area contributed by atoms with Crippen molar-refractivity contribution in [3.8, 4) is 34.1 Å². The molecule has 0 amide bonds. The van der Waals surface area contributed by atoms with Crippen LogP contribution < -0.4 is 9.47 Å². The minimum Gasteiger partial charge on any atom is -0.507 e. The van der Waals surface area contributed by atoms with Gasteiger partial charge in [0.2, 0.25) is 0 Å². The largest absolute Gasteiger partial charge is 0.507 e. The van der Waals surface area contributed by atoms with Gasteiger partial charge in [-0.15, -0.1) is 0 Å². The Morgan fingerprint density at radius 3 is 1.32 bits per heavy atom. The number of hydrogen-bond acceptors (Lipinski definition) is 8. The summed E-state index contributed by atoms with van der Waals surface area (Å²) in [6.07, 6.45) is -4.08. The Labute approximate surface area is 196 Å². The molecule has 4 N–H and O–H groups in total. The lowest BCUT2D eigenvalue weighted by molar-refractivity contribution is 0.0880. The fourth-order valence-corrected chi connectivity index (χ4v) is 4.68. The van der Waals surface area contributed by atoms with E-state index < -0.39 is 47.5 Å². The molecule has 2 aliphatic heterocycles. The van der Waals surface area contributed by atoms with Crippen molar-refractivity contribution in [1.29, 1.82) is 0 Å². The maximum absolute atomic E-state index is 12.5. The van der Waals surface area contributed by atoms with Crippen molar-refractivity contribution in [3.05, 3.63) is 58.7 Å². The zero-order chi connectivity index (χ0) is 25.2. The van der Waals surface area contributed by atoms with Crippen LogP contribution in [0.25, 0.3) is 11.1 Å². The van der Waals surface area contributed by atoms with Gasteiger partial charge in [-0.05, 0) is 51.0 Å². The molecule has 2 heterocycles. The molecule has 8 nitrogen and oxygen atoms in total. The molecule has 0 radical (unpaired) electrons. The molecule has 34 heavy (non-hydrogen) atoms. The Morgan fingerprint density at radius 1 is 0.735 bits per heavy atom. The minimum atomic E-state index is -1.22. The Balaban J connectivity index is 2.01. The second-order valence-electron chi connectivity index (χ2n) is 8.89. The number of aliphatic hydroxyl groups excluding tert-OH is 2. The van der Waals surface area contributed by atoms with Gasteiger partial charge in [-0.2, -0.15) is 0 Å². The summed E-state index contributed by atoms with van der Waals surface area (Å²) in [4.78, 5) is 25.0. The van der Waals surface area contributed by atoms with Crippen molar-refractivity contribution in [3.63, 3.8) is 0 Å². The van der Waals surface area contributed by atoms with Crippen LogP contribution in [-0.4, -0.2) is 44.2 Å². The minimum absolute atomic E-state index is 0.00169. The average Bonchev–Trinajstić information content (AvgIpc) is 3.24. The van der Waals surface area contributed by atoms with Crippen molar-refractivity contribution in [2.75, 3.05) is 0 Å². The molecule has 0 unspecified atom stereocenters. The first-order valence-corrected chi connectivity index (χ1v) is 10.7. The number of hydrogen-bond donors (Lipinski definition) is 4. The van der Waals surface area contributed by atoms with Gasteiger partial charge in [0.25, 0.3) is 0 Å². The molecule has 0 spiro atoms. The summed E-state index contributed by atoms with van der Waals surface area (Å²) >= 11 is 0. The summed E-state index contributed by atoms with van der Waals surface area (Å²) in [7, 11) is 0. The lowest BCUT2D eigenvalue weighted by Crippen LogP contribution is -2.19. The third kappa shape index (κ3) is 3.29. The molecule has 0 aromatic heterocycles. The van der Waals surface area contributed by atoms with E-state index >= 15 is 0 Å². The second kappa shape index (κ2) is 8.00.